The van der Waals surface area contributed by atoms with Crippen molar-refractivity contribution in [1.82, 2.24) is 5.32 Å². The van der Waals surface area contributed by atoms with Crippen LogP contribution in [0.15, 0.2) is 42.5 Å². The summed E-state index contributed by atoms with van der Waals surface area (Å²) in [6.07, 6.45) is -0.272. The average Bonchev–Trinajstić information content (AvgIpc) is 2.92. The highest BCUT2D eigenvalue weighted by molar-refractivity contribution is 5.78. The molecular weight excluding hydrogens is 513 g/mol. The number of nitrogens with zero attached hydrogens (tertiary/aromatic N) is 2. The minimum absolute atomic E-state index is 0.0390. The van der Waals surface area contributed by atoms with Crippen LogP contribution in [0, 0.1) is 22.0 Å². The summed E-state index contributed by atoms with van der Waals surface area (Å²) in [6, 6.07) is 11.0. The summed E-state index contributed by atoms with van der Waals surface area (Å²) < 4.78 is 45.3. The predicted octanol–water partition coefficient (Wildman–Crippen LogP) is 6.02. The van der Waals surface area contributed by atoms with Crippen LogP contribution in [0.1, 0.15) is 51.0 Å². The summed E-state index contributed by atoms with van der Waals surface area (Å²) in [4.78, 5) is 25.1. The van der Waals surface area contributed by atoms with E-state index < -0.39 is 22.4 Å². The Kier molecular flexibility index (Phi) is 9.19. The number of benzene rings is 2. The zero-order valence-corrected chi connectivity index (χ0v) is 22.0. The van der Waals surface area contributed by atoms with Gasteiger partial charge in [-0.15, -0.1) is 0 Å². The summed E-state index contributed by atoms with van der Waals surface area (Å²) in [7, 11) is 0. The summed E-state index contributed by atoms with van der Waals surface area (Å²) in [5, 5.41) is 17.2. The largest absolute Gasteiger partial charge is 0.494 e. The zero-order valence-electron chi connectivity index (χ0n) is 22.0. The molecule has 0 spiro atoms. The van der Waals surface area contributed by atoms with Gasteiger partial charge in [-0.3, -0.25) is 14.9 Å². The second-order valence-electron chi connectivity index (χ2n) is 10.3. The molecular formula is C28H35F3N4O4. The molecule has 1 saturated heterocycles. The molecule has 0 atom stereocenters. The molecule has 11 heteroatoms. The molecule has 1 amide bonds. The van der Waals surface area contributed by atoms with E-state index in [-0.39, 0.29) is 23.6 Å². The van der Waals surface area contributed by atoms with Gasteiger partial charge in [-0.2, -0.15) is 13.2 Å². The summed E-state index contributed by atoms with van der Waals surface area (Å²) in [5.41, 5.74) is -0.863. The zero-order chi connectivity index (χ0) is 28.0. The second kappa shape index (κ2) is 12.6. The van der Waals surface area contributed by atoms with Crippen molar-refractivity contribution in [2.24, 2.45) is 11.8 Å². The Morgan fingerprint density at radius 3 is 2.31 bits per heavy atom. The lowest BCUT2D eigenvalue weighted by molar-refractivity contribution is -0.388. The number of hydrogen-bond donors (Lipinski definition) is 2. The monoisotopic (exact) mass is 548 g/mol. The van der Waals surface area contributed by atoms with E-state index in [0.29, 0.717) is 44.8 Å². The lowest BCUT2D eigenvalue weighted by atomic mass is 9.85. The lowest BCUT2D eigenvalue weighted by Gasteiger charge is -2.34. The Balaban J connectivity index is 1.19. The Morgan fingerprint density at radius 1 is 1.05 bits per heavy atom. The number of carbonyl (C=O) groups excluding carboxylic acids is 1. The minimum atomic E-state index is -4.82. The van der Waals surface area contributed by atoms with Crippen molar-refractivity contribution in [3.8, 4) is 5.75 Å². The van der Waals surface area contributed by atoms with Gasteiger partial charge in [-0.05, 0) is 87.8 Å². The van der Waals surface area contributed by atoms with E-state index in [1.807, 2.05) is 19.1 Å². The van der Waals surface area contributed by atoms with Gasteiger partial charge in [0, 0.05) is 49.0 Å². The van der Waals surface area contributed by atoms with Crippen LogP contribution >= 0.6 is 0 Å². The Morgan fingerprint density at radius 2 is 1.72 bits per heavy atom. The summed E-state index contributed by atoms with van der Waals surface area (Å²) >= 11 is 0. The molecule has 2 aromatic rings. The van der Waals surface area contributed by atoms with E-state index in [2.05, 4.69) is 27.7 Å². The normalized spacial score (nSPS) is 20.4. The van der Waals surface area contributed by atoms with Gasteiger partial charge in [0.05, 0.1) is 11.5 Å². The highest BCUT2D eigenvalue weighted by Crippen LogP contribution is 2.38. The first-order valence-corrected chi connectivity index (χ1v) is 13.5. The van der Waals surface area contributed by atoms with Gasteiger partial charge in [-0.1, -0.05) is 0 Å². The number of carbonyl (C=O) groups is 1. The number of nitrogens with one attached hydrogen (secondary N) is 2. The molecule has 0 aromatic heterocycles. The average molecular weight is 549 g/mol. The quantitative estimate of drug-likeness (QED) is 0.294. The van der Waals surface area contributed by atoms with Crippen LogP contribution in [-0.2, 0) is 11.0 Å². The molecule has 2 aliphatic rings. The molecule has 0 bridgehead atoms. The van der Waals surface area contributed by atoms with Gasteiger partial charge in [0.25, 0.3) is 5.69 Å². The smallest absolute Gasteiger partial charge is 0.423 e. The van der Waals surface area contributed by atoms with E-state index in [1.54, 1.807) is 0 Å². The molecule has 0 unspecified atom stereocenters. The topological polar surface area (TPSA) is 96.7 Å². The number of alkyl halides is 3. The highest BCUT2D eigenvalue weighted by Gasteiger charge is 2.38. The molecule has 212 valence electrons. The molecule has 2 N–H and O–H groups in total. The molecule has 1 saturated carbocycles. The van der Waals surface area contributed by atoms with Gasteiger partial charge in [-0.25, -0.2) is 0 Å². The third kappa shape index (κ3) is 7.54. The van der Waals surface area contributed by atoms with Gasteiger partial charge in [0.15, 0.2) is 0 Å². The number of anilines is 2. The first-order chi connectivity index (χ1) is 18.6. The van der Waals surface area contributed by atoms with Crippen LogP contribution in [0.5, 0.6) is 5.75 Å². The maximum atomic E-state index is 13.3. The van der Waals surface area contributed by atoms with Crippen molar-refractivity contribution in [3.05, 3.63) is 58.1 Å². The number of amides is 1. The minimum Gasteiger partial charge on any atom is -0.494 e. The van der Waals surface area contributed by atoms with Crippen LogP contribution in [0.25, 0.3) is 0 Å². The number of nitro benzene ring substituents is 1. The van der Waals surface area contributed by atoms with Crippen LogP contribution in [0.4, 0.5) is 30.2 Å². The fourth-order valence-corrected chi connectivity index (χ4v) is 5.45. The van der Waals surface area contributed by atoms with Crippen molar-refractivity contribution in [2.75, 3.05) is 36.5 Å². The third-order valence-electron chi connectivity index (χ3n) is 7.66. The first-order valence-electron chi connectivity index (χ1n) is 13.5. The molecule has 1 aliphatic carbocycles. The number of halogens is 3. The second-order valence-corrected chi connectivity index (χ2v) is 10.3. The predicted molar refractivity (Wildman–Crippen MR) is 143 cm³/mol. The SMILES string of the molecule is CCOc1ccc(N2CCC(CNC(=O)[C@H]3CC[C@@H](Nc4ccc([N+](=O)[O-])c(C(F)(F)F)c4)CC3)CC2)cc1. The van der Waals surface area contributed by atoms with Crippen molar-refractivity contribution < 1.29 is 27.6 Å². The first kappa shape index (κ1) is 28.5. The number of nitro groups is 1. The maximum absolute atomic E-state index is 13.3. The van der Waals surface area contributed by atoms with Crippen LogP contribution in [0.3, 0.4) is 0 Å². The van der Waals surface area contributed by atoms with E-state index in [0.717, 1.165) is 43.8 Å². The molecule has 0 radical (unpaired) electrons. The highest BCUT2D eigenvalue weighted by atomic mass is 19.4. The van der Waals surface area contributed by atoms with Crippen molar-refractivity contribution in [3.63, 3.8) is 0 Å². The van der Waals surface area contributed by atoms with E-state index in [4.69, 9.17) is 4.74 Å². The van der Waals surface area contributed by atoms with Crippen LogP contribution in [-0.4, -0.2) is 43.1 Å². The fraction of sp³-hybridized carbons (Fsp3) is 0.536. The molecule has 2 aromatic carbocycles. The van der Waals surface area contributed by atoms with Gasteiger partial charge >= 0.3 is 6.18 Å². The number of rotatable bonds is 9. The summed E-state index contributed by atoms with van der Waals surface area (Å²) in [6.45, 7) is 5.12. The molecule has 4 rings (SSSR count). The van der Waals surface area contributed by atoms with Gasteiger partial charge < -0.3 is 20.3 Å². The molecule has 1 heterocycles. The van der Waals surface area contributed by atoms with E-state index >= 15 is 0 Å². The Labute approximate surface area is 226 Å². The van der Waals surface area contributed by atoms with Gasteiger partial charge in [0.1, 0.15) is 11.3 Å². The number of piperidine rings is 1. The van der Waals surface area contributed by atoms with E-state index in [9.17, 15) is 28.1 Å². The molecule has 39 heavy (non-hydrogen) atoms. The lowest BCUT2D eigenvalue weighted by Crippen LogP contribution is -2.41. The standard InChI is InChI=1S/C28H35F3N4O4/c1-2-39-24-10-8-23(9-11-24)34-15-13-19(14-16-34)18-32-27(36)20-3-5-21(6-4-20)33-22-7-12-26(35(37)38)25(17-22)28(29,30)31/h7-12,17,19-21,33H,2-6,13-16,18H2,1H3,(H,32,36)/t20-,21+. The maximum Gasteiger partial charge on any atom is 0.423 e. The fourth-order valence-electron chi connectivity index (χ4n) is 5.45. The van der Waals surface area contributed by atoms with Gasteiger partial charge in [0.2, 0.25) is 5.91 Å². The van der Waals surface area contributed by atoms with Crippen molar-refractivity contribution in [1.29, 1.82) is 0 Å². The Hall–Kier alpha value is -3.50. The van der Waals surface area contributed by atoms with Crippen LogP contribution in [0.2, 0.25) is 0 Å². The molecule has 2 fully saturated rings. The Bertz CT molecular complexity index is 1130. The van der Waals surface area contributed by atoms with Crippen LogP contribution < -0.4 is 20.3 Å². The number of hydrogen-bond acceptors (Lipinski definition) is 6. The molecule has 8 nitrogen and oxygen atoms in total. The molecule has 1 aliphatic heterocycles. The van der Waals surface area contributed by atoms with E-state index in [1.165, 1.54) is 11.8 Å². The number of ether oxygens (including phenoxy) is 1. The third-order valence-corrected chi connectivity index (χ3v) is 7.66. The summed E-state index contributed by atoms with van der Waals surface area (Å²) in [5.74, 6) is 1.22. The van der Waals surface area contributed by atoms with Crippen molar-refractivity contribution >= 4 is 23.0 Å². The van der Waals surface area contributed by atoms with Crippen molar-refractivity contribution in [2.45, 2.75) is 57.7 Å².